The zero-order chi connectivity index (χ0) is 19.1. The fraction of sp³-hybridized carbons (Fsp3) is 0.944. The van der Waals surface area contributed by atoms with Crippen LogP contribution in [0.25, 0.3) is 0 Å². The normalized spacial score (nSPS) is 20.4. The third-order valence-electron chi connectivity index (χ3n) is 4.63. The van der Waals surface area contributed by atoms with E-state index in [1.165, 1.54) is 25.7 Å². The van der Waals surface area contributed by atoms with Crippen molar-refractivity contribution >= 4 is 15.8 Å². The Morgan fingerprint density at radius 1 is 1.12 bits per heavy atom. The molecule has 5 N–H and O–H groups in total. The second kappa shape index (κ2) is 14.5. The highest BCUT2D eigenvalue weighted by Crippen LogP contribution is 2.24. The van der Waals surface area contributed by atoms with Gasteiger partial charge in [0.2, 0.25) is 0 Å². The monoisotopic (exact) mass is 378 g/mol. The molecule has 1 saturated heterocycles. The van der Waals surface area contributed by atoms with Gasteiger partial charge in [0, 0.05) is 0 Å². The average molecular weight is 379 g/mol. The molecule has 0 aromatic carbocycles. The first-order chi connectivity index (χ1) is 11.8. The first-order valence-electron chi connectivity index (χ1n) is 9.75. The molecule has 1 aliphatic rings. The summed E-state index contributed by atoms with van der Waals surface area (Å²) in [6.45, 7) is 2.80. The van der Waals surface area contributed by atoms with Crippen molar-refractivity contribution in [3.8, 4) is 0 Å². The third kappa shape index (κ3) is 12.3. The van der Waals surface area contributed by atoms with E-state index in [9.17, 15) is 13.2 Å². The van der Waals surface area contributed by atoms with E-state index in [-0.39, 0.29) is 5.25 Å². The van der Waals surface area contributed by atoms with Gasteiger partial charge >= 0.3 is 5.97 Å². The van der Waals surface area contributed by atoms with E-state index < -0.39 is 21.8 Å². The van der Waals surface area contributed by atoms with Crippen LogP contribution in [-0.2, 0) is 14.6 Å². The molecule has 1 heterocycles. The molecule has 1 fully saturated rings. The molecule has 0 radical (unpaired) electrons. The Kier molecular flexibility index (Phi) is 14.1. The van der Waals surface area contributed by atoms with E-state index >= 15 is 0 Å². The molecular formula is C18H38N2O4S. The predicted molar refractivity (Wildman–Crippen MR) is 103 cm³/mol. The van der Waals surface area contributed by atoms with Gasteiger partial charge in [-0.1, -0.05) is 51.9 Å². The summed E-state index contributed by atoms with van der Waals surface area (Å²) in [5, 5.41) is 8.32. The molecule has 0 saturated carbocycles. The summed E-state index contributed by atoms with van der Waals surface area (Å²) >= 11 is 0. The van der Waals surface area contributed by atoms with Crippen molar-refractivity contribution < 1.29 is 18.3 Å². The zero-order valence-corrected chi connectivity index (χ0v) is 16.6. The first-order valence-corrected chi connectivity index (χ1v) is 11.5. The van der Waals surface area contributed by atoms with Crippen LogP contribution in [0.15, 0.2) is 0 Å². The van der Waals surface area contributed by atoms with Crippen LogP contribution in [0.2, 0.25) is 0 Å². The zero-order valence-electron chi connectivity index (χ0n) is 15.8. The summed E-state index contributed by atoms with van der Waals surface area (Å²) in [6.07, 6.45) is 12.1. The van der Waals surface area contributed by atoms with Crippen molar-refractivity contribution in [2.24, 2.45) is 11.5 Å². The Morgan fingerprint density at radius 2 is 1.80 bits per heavy atom. The molecular weight excluding hydrogens is 340 g/mol. The van der Waals surface area contributed by atoms with Gasteiger partial charge in [0.25, 0.3) is 0 Å². The summed E-state index contributed by atoms with van der Waals surface area (Å²) < 4.78 is 23.4. The van der Waals surface area contributed by atoms with Crippen molar-refractivity contribution in [2.45, 2.75) is 95.3 Å². The molecule has 150 valence electrons. The maximum atomic E-state index is 11.7. The van der Waals surface area contributed by atoms with E-state index in [0.29, 0.717) is 18.7 Å². The SMILES string of the molecule is CCCCCCCC1CCCCS1(=O)=O.NCCCC[C@H](N)C(=O)O. The van der Waals surface area contributed by atoms with Gasteiger partial charge in [-0.15, -0.1) is 0 Å². The highest BCUT2D eigenvalue weighted by Gasteiger charge is 2.27. The first kappa shape index (κ1) is 24.3. The maximum Gasteiger partial charge on any atom is 0.320 e. The van der Waals surface area contributed by atoms with Crippen LogP contribution in [0, 0.1) is 0 Å². The van der Waals surface area contributed by atoms with Gasteiger partial charge in [0.05, 0.1) is 11.0 Å². The number of hydrogen-bond acceptors (Lipinski definition) is 5. The summed E-state index contributed by atoms with van der Waals surface area (Å²) in [6, 6.07) is -0.716. The number of hydrogen-bond donors (Lipinski definition) is 3. The van der Waals surface area contributed by atoms with Crippen molar-refractivity contribution in [1.82, 2.24) is 0 Å². The Hall–Kier alpha value is -0.660. The Bertz CT molecular complexity index is 440. The van der Waals surface area contributed by atoms with Gasteiger partial charge in [0.1, 0.15) is 6.04 Å². The summed E-state index contributed by atoms with van der Waals surface area (Å²) in [4.78, 5) is 10.1. The van der Waals surface area contributed by atoms with Crippen LogP contribution in [0.5, 0.6) is 0 Å². The quantitative estimate of drug-likeness (QED) is 0.475. The molecule has 0 aromatic rings. The lowest BCUT2D eigenvalue weighted by molar-refractivity contribution is -0.138. The Balaban J connectivity index is 0.000000504. The standard InChI is InChI=1S/C12H24O2S.C6H14N2O2/c1-2-3-4-5-6-9-12-10-7-8-11-15(12,13)14;7-4-2-1-3-5(8)6(9)10/h12H,2-11H2,1H3;5H,1-4,7-8H2,(H,9,10)/t;5-/m.0/s1. The van der Waals surface area contributed by atoms with E-state index in [2.05, 4.69) is 6.92 Å². The molecule has 0 aromatic heterocycles. The molecule has 2 atom stereocenters. The maximum absolute atomic E-state index is 11.7. The molecule has 7 heteroatoms. The average Bonchev–Trinajstić information content (AvgIpc) is 2.56. The summed E-state index contributed by atoms with van der Waals surface area (Å²) in [5.41, 5.74) is 10.4. The number of carbonyl (C=O) groups is 1. The van der Waals surface area contributed by atoms with E-state index in [1.807, 2.05) is 0 Å². The lowest BCUT2D eigenvalue weighted by Gasteiger charge is -2.21. The van der Waals surface area contributed by atoms with E-state index in [0.717, 1.165) is 44.9 Å². The van der Waals surface area contributed by atoms with Crippen molar-refractivity contribution in [1.29, 1.82) is 0 Å². The second-order valence-electron chi connectivity index (χ2n) is 6.92. The molecule has 1 unspecified atom stereocenters. The number of rotatable bonds is 11. The molecule has 25 heavy (non-hydrogen) atoms. The minimum atomic E-state index is -2.72. The number of aliphatic carboxylic acids is 1. The minimum absolute atomic E-state index is 0.00660. The van der Waals surface area contributed by atoms with Gasteiger partial charge in [-0.25, -0.2) is 8.42 Å². The highest BCUT2D eigenvalue weighted by molar-refractivity contribution is 7.92. The van der Waals surface area contributed by atoms with E-state index in [4.69, 9.17) is 16.6 Å². The number of unbranched alkanes of at least 4 members (excludes halogenated alkanes) is 5. The van der Waals surface area contributed by atoms with Crippen molar-refractivity contribution in [2.75, 3.05) is 12.3 Å². The van der Waals surface area contributed by atoms with Gasteiger partial charge in [-0.2, -0.15) is 0 Å². The number of sulfone groups is 1. The van der Waals surface area contributed by atoms with Crippen molar-refractivity contribution in [3.05, 3.63) is 0 Å². The van der Waals surface area contributed by atoms with Crippen molar-refractivity contribution in [3.63, 3.8) is 0 Å². The molecule has 6 nitrogen and oxygen atoms in total. The number of carboxylic acids is 1. The van der Waals surface area contributed by atoms with Gasteiger partial charge in [-0.05, 0) is 38.6 Å². The van der Waals surface area contributed by atoms with Crippen LogP contribution < -0.4 is 11.5 Å². The van der Waals surface area contributed by atoms with Crippen LogP contribution in [0.1, 0.15) is 84.0 Å². The van der Waals surface area contributed by atoms with Crippen LogP contribution >= 0.6 is 0 Å². The summed E-state index contributed by atoms with van der Waals surface area (Å²) in [7, 11) is -2.72. The van der Waals surface area contributed by atoms with Gasteiger partial charge < -0.3 is 16.6 Å². The third-order valence-corrected chi connectivity index (χ3v) is 6.97. The lowest BCUT2D eigenvalue weighted by Crippen LogP contribution is -2.29. The summed E-state index contributed by atoms with van der Waals surface area (Å²) in [5.74, 6) is -0.496. The topological polar surface area (TPSA) is 123 Å². The fourth-order valence-electron chi connectivity index (χ4n) is 2.95. The minimum Gasteiger partial charge on any atom is -0.480 e. The van der Waals surface area contributed by atoms with E-state index in [1.54, 1.807) is 0 Å². The van der Waals surface area contributed by atoms with Crippen LogP contribution in [0.4, 0.5) is 0 Å². The largest absolute Gasteiger partial charge is 0.480 e. The highest BCUT2D eigenvalue weighted by atomic mass is 32.2. The Morgan fingerprint density at radius 3 is 2.36 bits per heavy atom. The molecule has 1 aliphatic heterocycles. The molecule has 1 rings (SSSR count). The fourth-order valence-corrected chi connectivity index (χ4v) is 4.94. The van der Waals surface area contributed by atoms with Gasteiger partial charge in [0.15, 0.2) is 9.84 Å². The Labute approximate surface area is 153 Å². The molecule has 0 spiro atoms. The molecule has 0 aliphatic carbocycles. The number of nitrogens with two attached hydrogens (primary N) is 2. The van der Waals surface area contributed by atoms with Gasteiger partial charge in [-0.3, -0.25) is 4.79 Å². The second-order valence-corrected chi connectivity index (χ2v) is 9.32. The number of carboxylic acid groups (broad SMARTS) is 1. The molecule has 0 amide bonds. The lowest BCUT2D eigenvalue weighted by atomic mass is 10.1. The van der Waals surface area contributed by atoms with Crippen LogP contribution in [0.3, 0.4) is 0 Å². The predicted octanol–water partition coefficient (Wildman–Crippen LogP) is 2.84. The van der Waals surface area contributed by atoms with Crippen LogP contribution in [-0.4, -0.2) is 43.1 Å². The smallest absolute Gasteiger partial charge is 0.320 e. The molecule has 0 bridgehead atoms.